The van der Waals surface area contributed by atoms with E-state index in [0.29, 0.717) is 5.92 Å². The topological polar surface area (TPSA) is 33.2 Å². The highest BCUT2D eigenvalue weighted by atomic mass is 16.2. The van der Waals surface area contributed by atoms with Gasteiger partial charge in [0.15, 0.2) is 0 Å². The van der Waals surface area contributed by atoms with Crippen LogP contribution in [0.4, 0.5) is 0 Å². The molecule has 0 saturated carbocycles. The van der Waals surface area contributed by atoms with Crippen LogP contribution >= 0.6 is 0 Å². The Hall–Kier alpha value is -2.16. The lowest BCUT2D eigenvalue weighted by Crippen LogP contribution is -2.39. The average molecular weight is 294 g/mol. The second-order valence-electron chi connectivity index (χ2n) is 6.06. The van der Waals surface area contributed by atoms with Gasteiger partial charge in [0.25, 0.3) is 5.91 Å². The van der Waals surface area contributed by atoms with Gasteiger partial charge in [-0.2, -0.15) is 0 Å². The zero-order chi connectivity index (χ0) is 15.4. The quantitative estimate of drug-likeness (QED) is 0.868. The van der Waals surface area contributed by atoms with Crippen molar-refractivity contribution < 1.29 is 4.79 Å². The molecule has 1 fully saturated rings. The van der Waals surface area contributed by atoms with Gasteiger partial charge in [0.1, 0.15) is 0 Å². The fraction of sp³-hybridized carbons (Fsp3) is 0.368. The summed E-state index contributed by atoms with van der Waals surface area (Å²) in [5.41, 5.74) is 2.96. The highest BCUT2D eigenvalue weighted by Crippen LogP contribution is 2.23. The molecule has 2 heterocycles. The fourth-order valence-electron chi connectivity index (χ4n) is 3.17. The molecule has 3 rings (SSSR count). The molecule has 114 valence electrons. The van der Waals surface area contributed by atoms with Gasteiger partial charge < -0.3 is 4.90 Å². The Morgan fingerprint density at radius 2 is 1.86 bits per heavy atom. The molecule has 3 heteroatoms. The molecular formula is C19H22N2O. The van der Waals surface area contributed by atoms with Crippen molar-refractivity contribution in [3.8, 4) is 0 Å². The molecule has 0 aliphatic carbocycles. The first-order chi connectivity index (χ1) is 10.7. The molecule has 0 unspecified atom stereocenters. The van der Waals surface area contributed by atoms with Crippen molar-refractivity contribution in [1.82, 2.24) is 9.88 Å². The molecule has 0 radical (unpaired) electrons. The largest absolute Gasteiger partial charge is 0.339 e. The average Bonchev–Trinajstić information content (AvgIpc) is 2.56. The van der Waals surface area contributed by atoms with E-state index in [-0.39, 0.29) is 5.91 Å². The molecule has 1 aliphatic rings. The predicted molar refractivity (Wildman–Crippen MR) is 87.7 cm³/mol. The maximum atomic E-state index is 12.6. The van der Waals surface area contributed by atoms with Crippen molar-refractivity contribution in [2.75, 3.05) is 13.1 Å². The highest BCUT2D eigenvalue weighted by Gasteiger charge is 2.24. The molecule has 0 spiro atoms. The number of carbonyl (C=O) groups is 1. The summed E-state index contributed by atoms with van der Waals surface area (Å²) in [6, 6.07) is 14.3. The summed E-state index contributed by atoms with van der Waals surface area (Å²) in [4.78, 5) is 18.8. The van der Waals surface area contributed by atoms with Crippen LogP contribution in [0.1, 0.15) is 34.5 Å². The summed E-state index contributed by atoms with van der Waals surface area (Å²) >= 11 is 0. The monoisotopic (exact) mass is 294 g/mol. The standard InChI is InChI=1S/C19H22N2O/c1-15-18(8-5-11-20-15)19(22)21-12-9-17(10-13-21)14-16-6-3-2-4-7-16/h2-8,11,17H,9-10,12-14H2,1H3. The zero-order valence-corrected chi connectivity index (χ0v) is 13.0. The number of piperidine rings is 1. The Morgan fingerprint density at radius 1 is 1.14 bits per heavy atom. The van der Waals surface area contributed by atoms with Crippen LogP contribution < -0.4 is 0 Å². The number of rotatable bonds is 3. The lowest BCUT2D eigenvalue weighted by atomic mass is 9.90. The van der Waals surface area contributed by atoms with Gasteiger partial charge in [0.05, 0.1) is 5.56 Å². The van der Waals surface area contributed by atoms with Crippen molar-refractivity contribution in [3.05, 3.63) is 65.5 Å². The summed E-state index contributed by atoms with van der Waals surface area (Å²) in [7, 11) is 0. The fourth-order valence-corrected chi connectivity index (χ4v) is 3.17. The van der Waals surface area contributed by atoms with Crippen LogP contribution in [0.5, 0.6) is 0 Å². The SMILES string of the molecule is Cc1ncccc1C(=O)N1CCC(Cc2ccccc2)CC1. The van der Waals surface area contributed by atoms with Gasteiger partial charge in [0, 0.05) is 25.0 Å². The predicted octanol–water partition coefficient (Wildman–Crippen LogP) is 3.48. The van der Waals surface area contributed by atoms with Gasteiger partial charge in [-0.3, -0.25) is 9.78 Å². The van der Waals surface area contributed by atoms with Crippen molar-refractivity contribution in [1.29, 1.82) is 0 Å². The Morgan fingerprint density at radius 3 is 2.55 bits per heavy atom. The lowest BCUT2D eigenvalue weighted by Gasteiger charge is -2.32. The van der Waals surface area contributed by atoms with Crippen molar-refractivity contribution in [2.45, 2.75) is 26.2 Å². The minimum Gasteiger partial charge on any atom is -0.339 e. The second kappa shape index (κ2) is 6.73. The Labute approximate surface area is 132 Å². The number of amides is 1. The molecule has 1 aromatic carbocycles. The smallest absolute Gasteiger partial charge is 0.255 e. The molecule has 1 aromatic heterocycles. The van der Waals surface area contributed by atoms with Crippen LogP contribution in [0.3, 0.4) is 0 Å². The minimum atomic E-state index is 0.128. The molecule has 1 saturated heterocycles. The maximum Gasteiger partial charge on any atom is 0.255 e. The number of benzene rings is 1. The van der Waals surface area contributed by atoms with Crippen molar-refractivity contribution in [3.63, 3.8) is 0 Å². The van der Waals surface area contributed by atoms with Crippen LogP contribution in [0, 0.1) is 12.8 Å². The summed E-state index contributed by atoms with van der Waals surface area (Å²) in [5.74, 6) is 0.810. The molecule has 0 atom stereocenters. The van der Waals surface area contributed by atoms with E-state index in [1.54, 1.807) is 6.20 Å². The molecule has 0 bridgehead atoms. The summed E-state index contributed by atoms with van der Waals surface area (Å²) < 4.78 is 0. The normalized spacial score (nSPS) is 15.8. The van der Waals surface area contributed by atoms with E-state index in [2.05, 4.69) is 35.3 Å². The van der Waals surface area contributed by atoms with Crippen LogP contribution in [0.15, 0.2) is 48.7 Å². The number of hydrogen-bond donors (Lipinski definition) is 0. The maximum absolute atomic E-state index is 12.6. The number of hydrogen-bond acceptors (Lipinski definition) is 2. The number of aryl methyl sites for hydroxylation is 1. The Balaban J connectivity index is 1.58. The highest BCUT2D eigenvalue weighted by molar-refractivity contribution is 5.95. The zero-order valence-electron chi connectivity index (χ0n) is 13.0. The van der Waals surface area contributed by atoms with Gasteiger partial charge in [-0.05, 0) is 49.8 Å². The van der Waals surface area contributed by atoms with Crippen molar-refractivity contribution >= 4 is 5.91 Å². The van der Waals surface area contributed by atoms with E-state index in [1.807, 2.05) is 24.0 Å². The van der Waals surface area contributed by atoms with Gasteiger partial charge in [-0.1, -0.05) is 30.3 Å². The number of aromatic nitrogens is 1. The molecule has 2 aromatic rings. The number of pyridine rings is 1. The molecule has 3 nitrogen and oxygen atoms in total. The first-order valence-electron chi connectivity index (χ1n) is 7.99. The van der Waals surface area contributed by atoms with E-state index in [0.717, 1.165) is 43.6 Å². The van der Waals surface area contributed by atoms with E-state index in [9.17, 15) is 4.79 Å². The minimum absolute atomic E-state index is 0.128. The Bertz CT molecular complexity index is 631. The third kappa shape index (κ3) is 3.35. The van der Waals surface area contributed by atoms with Gasteiger partial charge >= 0.3 is 0 Å². The third-order valence-corrected chi connectivity index (χ3v) is 4.51. The first-order valence-corrected chi connectivity index (χ1v) is 7.99. The Kier molecular flexibility index (Phi) is 4.52. The van der Waals surface area contributed by atoms with Crippen LogP contribution in [-0.2, 0) is 6.42 Å². The molecule has 22 heavy (non-hydrogen) atoms. The van der Waals surface area contributed by atoms with E-state index in [1.165, 1.54) is 5.56 Å². The third-order valence-electron chi connectivity index (χ3n) is 4.51. The van der Waals surface area contributed by atoms with E-state index < -0.39 is 0 Å². The molecule has 0 N–H and O–H groups in total. The summed E-state index contributed by atoms with van der Waals surface area (Å²) in [6.07, 6.45) is 5.02. The summed E-state index contributed by atoms with van der Waals surface area (Å²) in [6.45, 7) is 3.60. The summed E-state index contributed by atoms with van der Waals surface area (Å²) in [5, 5.41) is 0. The van der Waals surface area contributed by atoms with Crippen LogP contribution in [0.25, 0.3) is 0 Å². The molecule has 1 aliphatic heterocycles. The number of likely N-dealkylation sites (tertiary alicyclic amines) is 1. The second-order valence-corrected chi connectivity index (χ2v) is 6.06. The van der Waals surface area contributed by atoms with Gasteiger partial charge in [0.2, 0.25) is 0 Å². The number of carbonyl (C=O) groups excluding carboxylic acids is 1. The number of nitrogens with zero attached hydrogens (tertiary/aromatic N) is 2. The first kappa shape index (κ1) is 14.8. The van der Waals surface area contributed by atoms with E-state index >= 15 is 0 Å². The van der Waals surface area contributed by atoms with Crippen LogP contribution in [-0.4, -0.2) is 28.9 Å². The lowest BCUT2D eigenvalue weighted by molar-refractivity contribution is 0.0689. The van der Waals surface area contributed by atoms with Crippen LogP contribution in [0.2, 0.25) is 0 Å². The van der Waals surface area contributed by atoms with E-state index in [4.69, 9.17) is 0 Å². The molecule has 1 amide bonds. The molecular weight excluding hydrogens is 272 g/mol. The van der Waals surface area contributed by atoms with Crippen molar-refractivity contribution in [2.24, 2.45) is 5.92 Å². The van der Waals surface area contributed by atoms with Gasteiger partial charge in [-0.15, -0.1) is 0 Å². The van der Waals surface area contributed by atoms with Gasteiger partial charge in [-0.25, -0.2) is 0 Å².